The van der Waals surface area contributed by atoms with Crippen molar-refractivity contribution in [3.8, 4) is 0 Å². The van der Waals surface area contributed by atoms with Crippen LogP contribution < -0.4 is 16.0 Å². The Balaban J connectivity index is 1.69. The molecule has 0 radical (unpaired) electrons. The van der Waals surface area contributed by atoms with Crippen molar-refractivity contribution in [3.63, 3.8) is 0 Å². The van der Waals surface area contributed by atoms with E-state index in [-0.39, 0.29) is 0 Å². The molecule has 6 nitrogen and oxygen atoms in total. The fourth-order valence-electron chi connectivity index (χ4n) is 3.36. The van der Waals surface area contributed by atoms with Crippen molar-refractivity contribution in [3.05, 3.63) is 6.07 Å². The number of nitrogens with zero attached hydrogens (tertiary/aromatic N) is 4. The maximum absolute atomic E-state index is 5.93. The van der Waals surface area contributed by atoms with Crippen LogP contribution in [0.2, 0.25) is 0 Å². The highest BCUT2D eigenvalue weighted by atomic mass is 15.3. The molecule has 22 heavy (non-hydrogen) atoms. The lowest BCUT2D eigenvalue weighted by Gasteiger charge is -2.33. The van der Waals surface area contributed by atoms with Gasteiger partial charge < -0.3 is 20.9 Å². The van der Waals surface area contributed by atoms with Crippen LogP contribution in [0.25, 0.3) is 0 Å². The first-order chi connectivity index (χ1) is 10.7. The van der Waals surface area contributed by atoms with E-state index in [9.17, 15) is 0 Å². The van der Waals surface area contributed by atoms with Crippen molar-refractivity contribution in [1.29, 1.82) is 0 Å². The minimum atomic E-state index is 0.368. The SMILES string of the molecule is CN1CCN(c2cc(NC3CCCCCC3)nc(N)n2)CC1. The summed E-state index contributed by atoms with van der Waals surface area (Å²) in [6.07, 6.45) is 7.79. The molecule has 0 amide bonds. The van der Waals surface area contributed by atoms with Gasteiger partial charge in [0.25, 0.3) is 0 Å². The Bertz CT molecular complexity index is 476. The minimum Gasteiger partial charge on any atom is -0.368 e. The zero-order chi connectivity index (χ0) is 15.4. The predicted octanol–water partition coefficient (Wildman–Crippen LogP) is 1.95. The zero-order valence-electron chi connectivity index (χ0n) is 13.6. The summed E-state index contributed by atoms with van der Waals surface area (Å²) < 4.78 is 0. The Morgan fingerprint density at radius 2 is 1.73 bits per heavy atom. The van der Waals surface area contributed by atoms with E-state index in [0.717, 1.165) is 37.8 Å². The third-order valence-corrected chi connectivity index (χ3v) is 4.76. The molecule has 1 aromatic heterocycles. The Labute approximate surface area is 133 Å². The van der Waals surface area contributed by atoms with E-state index < -0.39 is 0 Å². The number of nitrogens with one attached hydrogen (secondary N) is 1. The molecule has 1 aromatic rings. The quantitative estimate of drug-likeness (QED) is 0.832. The number of likely N-dealkylation sites (N-methyl/N-ethyl adjacent to an activating group) is 1. The monoisotopic (exact) mass is 304 g/mol. The van der Waals surface area contributed by atoms with Crippen LogP contribution >= 0.6 is 0 Å². The van der Waals surface area contributed by atoms with Crippen LogP contribution in [0, 0.1) is 0 Å². The van der Waals surface area contributed by atoms with Crippen LogP contribution in [-0.2, 0) is 0 Å². The van der Waals surface area contributed by atoms with Crippen LogP contribution in [0.3, 0.4) is 0 Å². The smallest absolute Gasteiger partial charge is 0.223 e. The molecule has 1 aliphatic heterocycles. The molecule has 2 fully saturated rings. The molecule has 0 atom stereocenters. The van der Waals surface area contributed by atoms with Gasteiger partial charge >= 0.3 is 0 Å². The number of rotatable bonds is 3. The average molecular weight is 304 g/mol. The van der Waals surface area contributed by atoms with Gasteiger partial charge in [0.15, 0.2) is 0 Å². The second-order valence-electron chi connectivity index (χ2n) is 6.59. The van der Waals surface area contributed by atoms with Crippen LogP contribution in [-0.4, -0.2) is 54.1 Å². The average Bonchev–Trinajstić information content (AvgIpc) is 2.76. The summed E-state index contributed by atoms with van der Waals surface area (Å²) in [7, 11) is 2.16. The van der Waals surface area contributed by atoms with E-state index in [4.69, 9.17) is 5.73 Å². The minimum absolute atomic E-state index is 0.368. The van der Waals surface area contributed by atoms with Gasteiger partial charge in [-0.3, -0.25) is 0 Å². The van der Waals surface area contributed by atoms with Gasteiger partial charge in [0.2, 0.25) is 5.95 Å². The molecule has 1 aliphatic carbocycles. The van der Waals surface area contributed by atoms with E-state index in [1.807, 2.05) is 0 Å². The first kappa shape index (κ1) is 15.3. The van der Waals surface area contributed by atoms with E-state index in [1.165, 1.54) is 38.5 Å². The summed E-state index contributed by atoms with van der Waals surface area (Å²) in [6, 6.07) is 2.59. The van der Waals surface area contributed by atoms with Gasteiger partial charge in [0.1, 0.15) is 11.6 Å². The topological polar surface area (TPSA) is 70.3 Å². The van der Waals surface area contributed by atoms with Crippen molar-refractivity contribution in [2.24, 2.45) is 0 Å². The molecule has 0 unspecified atom stereocenters. The van der Waals surface area contributed by atoms with Crippen molar-refractivity contribution in [2.75, 3.05) is 49.2 Å². The number of anilines is 3. The number of hydrogen-bond acceptors (Lipinski definition) is 6. The van der Waals surface area contributed by atoms with Gasteiger partial charge in [0.05, 0.1) is 0 Å². The summed E-state index contributed by atoms with van der Waals surface area (Å²) in [5, 5.41) is 3.58. The normalized spacial score (nSPS) is 21.6. The maximum atomic E-state index is 5.93. The molecule has 6 heteroatoms. The molecule has 3 N–H and O–H groups in total. The molecule has 0 bridgehead atoms. The lowest BCUT2D eigenvalue weighted by atomic mass is 10.1. The van der Waals surface area contributed by atoms with Crippen molar-refractivity contribution in [2.45, 2.75) is 44.6 Å². The molecular weight excluding hydrogens is 276 g/mol. The highest BCUT2D eigenvalue weighted by molar-refractivity contribution is 5.53. The lowest BCUT2D eigenvalue weighted by Crippen LogP contribution is -2.44. The van der Waals surface area contributed by atoms with Crippen molar-refractivity contribution < 1.29 is 0 Å². The largest absolute Gasteiger partial charge is 0.368 e. The van der Waals surface area contributed by atoms with Gasteiger partial charge in [-0.25, -0.2) is 0 Å². The fraction of sp³-hybridized carbons (Fsp3) is 0.750. The Morgan fingerprint density at radius 1 is 1.05 bits per heavy atom. The van der Waals surface area contributed by atoms with E-state index in [0.29, 0.717) is 12.0 Å². The Kier molecular flexibility index (Phi) is 4.97. The van der Waals surface area contributed by atoms with Gasteiger partial charge in [-0.2, -0.15) is 9.97 Å². The second kappa shape index (κ2) is 7.13. The fourth-order valence-corrected chi connectivity index (χ4v) is 3.36. The molecule has 2 heterocycles. The van der Waals surface area contributed by atoms with E-state index in [1.54, 1.807) is 0 Å². The summed E-state index contributed by atoms with van der Waals surface area (Å²) in [4.78, 5) is 13.5. The highest BCUT2D eigenvalue weighted by Gasteiger charge is 2.18. The Hall–Kier alpha value is -1.56. The van der Waals surface area contributed by atoms with E-state index >= 15 is 0 Å². The molecular formula is C16H28N6. The number of aromatic nitrogens is 2. The lowest BCUT2D eigenvalue weighted by molar-refractivity contribution is 0.312. The number of piperazine rings is 1. The summed E-state index contributed by atoms with van der Waals surface area (Å²) in [5.41, 5.74) is 5.93. The van der Waals surface area contributed by atoms with Gasteiger partial charge in [-0.1, -0.05) is 25.7 Å². The van der Waals surface area contributed by atoms with Crippen molar-refractivity contribution in [1.82, 2.24) is 14.9 Å². The number of hydrogen-bond donors (Lipinski definition) is 2. The third kappa shape index (κ3) is 4.00. The standard InChI is InChI=1S/C16H28N6/c1-21-8-10-22(11-9-21)15-12-14(19-16(17)20-15)18-13-6-4-2-3-5-7-13/h12-13H,2-11H2,1H3,(H3,17,18,19,20). The molecule has 1 saturated heterocycles. The van der Waals surface area contributed by atoms with Gasteiger partial charge in [0, 0.05) is 38.3 Å². The zero-order valence-corrected chi connectivity index (χ0v) is 13.6. The molecule has 3 rings (SSSR count). The molecule has 0 aromatic carbocycles. The molecule has 122 valence electrons. The maximum Gasteiger partial charge on any atom is 0.223 e. The summed E-state index contributed by atoms with van der Waals surface area (Å²) >= 11 is 0. The van der Waals surface area contributed by atoms with Crippen LogP contribution in [0.1, 0.15) is 38.5 Å². The van der Waals surface area contributed by atoms with Crippen LogP contribution in [0.15, 0.2) is 6.07 Å². The van der Waals surface area contributed by atoms with Crippen molar-refractivity contribution >= 4 is 17.6 Å². The summed E-state index contributed by atoms with van der Waals surface area (Å²) in [5.74, 6) is 2.21. The first-order valence-electron chi connectivity index (χ1n) is 8.55. The van der Waals surface area contributed by atoms with Crippen LogP contribution in [0.4, 0.5) is 17.6 Å². The number of nitrogen functional groups attached to an aromatic ring is 1. The molecule has 2 aliphatic rings. The second-order valence-corrected chi connectivity index (χ2v) is 6.59. The predicted molar refractivity (Wildman–Crippen MR) is 91.3 cm³/mol. The third-order valence-electron chi connectivity index (χ3n) is 4.76. The highest BCUT2D eigenvalue weighted by Crippen LogP contribution is 2.23. The van der Waals surface area contributed by atoms with Gasteiger partial charge in [-0.15, -0.1) is 0 Å². The Morgan fingerprint density at radius 3 is 2.41 bits per heavy atom. The van der Waals surface area contributed by atoms with Gasteiger partial charge in [-0.05, 0) is 19.9 Å². The molecule has 1 saturated carbocycles. The van der Waals surface area contributed by atoms with E-state index in [2.05, 4.69) is 38.2 Å². The van der Waals surface area contributed by atoms with Crippen LogP contribution in [0.5, 0.6) is 0 Å². The molecule has 0 spiro atoms. The number of nitrogens with two attached hydrogens (primary N) is 1. The first-order valence-corrected chi connectivity index (χ1v) is 8.55. The summed E-state index contributed by atoms with van der Waals surface area (Å²) in [6.45, 7) is 4.12.